The van der Waals surface area contributed by atoms with E-state index in [4.69, 9.17) is 11.1 Å². The number of nitrogens with zero attached hydrogens (tertiary/aromatic N) is 1. The largest absolute Gasteiger partial charge is 0.455 e. The normalized spacial score (nSPS) is 14.9. The summed E-state index contributed by atoms with van der Waals surface area (Å²) in [5.74, 6) is -5.06. The van der Waals surface area contributed by atoms with Crippen molar-refractivity contribution in [1.29, 1.82) is 5.41 Å². The number of allylic oxidation sites excluding steroid dienone is 1. The molecule has 1 aromatic rings. The minimum Gasteiger partial charge on any atom is -0.423 e. The maximum atomic E-state index is 13.0. The lowest BCUT2D eigenvalue weighted by Crippen LogP contribution is -2.50. The van der Waals surface area contributed by atoms with Crippen LogP contribution in [0.3, 0.4) is 0 Å². The molecule has 0 aromatic heterocycles. The van der Waals surface area contributed by atoms with Crippen molar-refractivity contribution in [3.8, 4) is 0 Å². The Balaban J connectivity index is 3.03. The maximum absolute atomic E-state index is 13.0. The van der Waals surface area contributed by atoms with Crippen molar-refractivity contribution in [3.63, 3.8) is 0 Å². The number of nitrogens with two attached hydrogens (primary N) is 1. The Hall–Kier alpha value is -2.68. The Bertz CT molecular complexity index is 712. The van der Waals surface area contributed by atoms with E-state index in [0.29, 0.717) is 17.7 Å². The van der Waals surface area contributed by atoms with Crippen LogP contribution in [-0.4, -0.2) is 41.5 Å². The number of rotatable bonds is 7. The third-order valence-corrected chi connectivity index (χ3v) is 3.33. The predicted molar refractivity (Wildman–Crippen MR) is 91.9 cm³/mol. The van der Waals surface area contributed by atoms with Crippen LogP contribution in [0.2, 0.25) is 0 Å². The molecule has 142 valence electrons. The zero-order valence-electron chi connectivity index (χ0n) is 14.3. The number of ether oxygens (including phenoxy) is 1. The first-order valence-electron chi connectivity index (χ1n) is 7.62. The minimum atomic E-state index is -5.24. The van der Waals surface area contributed by atoms with Gasteiger partial charge in [0.25, 0.3) is 0 Å². The van der Waals surface area contributed by atoms with Crippen LogP contribution in [0.4, 0.5) is 13.2 Å². The Morgan fingerprint density at radius 3 is 2.27 bits per heavy atom. The van der Waals surface area contributed by atoms with Gasteiger partial charge in [0.05, 0.1) is 6.42 Å². The lowest BCUT2D eigenvalue weighted by atomic mass is 9.99. The van der Waals surface area contributed by atoms with Crippen molar-refractivity contribution in [2.75, 3.05) is 6.54 Å². The van der Waals surface area contributed by atoms with E-state index in [1.807, 2.05) is 6.92 Å². The summed E-state index contributed by atoms with van der Waals surface area (Å²) in [5, 5.41) is 17.5. The first-order valence-corrected chi connectivity index (χ1v) is 7.62. The molecule has 0 aliphatic rings. The average Bonchev–Trinajstić information content (AvgIpc) is 2.54. The van der Waals surface area contributed by atoms with Gasteiger partial charge in [0.1, 0.15) is 0 Å². The molecular weight excluding hydrogens is 351 g/mol. The summed E-state index contributed by atoms with van der Waals surface area (Å²) in [6.07, 6.45) is -3.57. The molecule has 1 rings (SSSR count). The highest BCUT2D eigenvalue weighted by molar-refractivity contribution is 6.10. The summed E-state index contributed by atoms with van der Waals surface area (Å²) < 4.78 is 43.1. The minimum absolute atomic E-state index is 0.132. The number of hydrogen-bond acceptors (Lipinski definition) is 6. The van der Waals surface area contributed by atoms with Crippen LogP contribution < -0.4 is 5.73 Å². The fourth-order valence-electron chi connectivity index (χ4n) is 2.04. The van der Waals surface area contributed by atoms with Gasteiger partial charge in [-0.2, -0.15) is 13.2 Å². The quantitative estimate of drug-likeness (QED) is 0.389. The summed E-state index contributed by atoms with van der Waals surface area (Å²) in [5.41, 5.74) is 6.37. The van der Waals surface area contributed by atoms with Crippen molar-refractivity contribution >= 4 is 23.5 Å². The molecule has 0 radical (unpaired) electrons. The number of halogens is 3. The van der Waals surface area contributed by atoms with E-state index in [0.717, 1.165) is 6.92 Å². The molecule has 0 aliphatic heterocycles. The van der Waals surface area contributed by atoms with Crippen molar-refractivity contribution in [3.05, 3.63) is 41.6 Å². The molecule has 0 spiro atoms. The zero-order valence-corrected chi connectivity index (χ0v) is 14.3. The van der Waals surface area contributed by atoms with Crippen molar-refractivity contribution < 1.29 is 27.8 Å². The average molecular weight is 371 g/mol. The van der Waals surface area contributed by atoms with Gasteiger partial charge in [-0.05, 0) is 18.1 Å². The number of esters is 1. The van der Waals surface area contributed by atoms with Crippen LogP contribution >= 0.6 is 0 Å². The summed E-state index contributed by atoms with van der Waals surface area (Å²) in [7, 11) is 0. The lowest BCUT2D eigenvalue weighted by Gasteiger charge is -2.29. The predicted octanol–water partition coefficient (Wildman–Crippen LogP) is 2.65. The second-order valence-electron chi connectivity index (χ2n) is 5.36. The summed E-state index contributed by atoms with van der Waals surface area (Å²) >= 11 is 0. The second kappa shape index (κ2) is 8.61. The van der Waals surface area contributed by atoms with Gasteiger partial charge in [-0.3, -0.25) is 9.79 Å². The van der Waals surface area contributed by atoms with Gasteiger partial charge in [-0.1, -0.05) is 24.3 Å². The standard InChI is InChI=1S/C17H20F3N3O3/c1-3-23-10-14(9-21)12-4-6-13(7-5-12)15(22)8-16(25,17(18,19)20)26-11(2)24/h4-7,9-10,22,25H,3,8,21H2,1-2H3. The highest BCUT2D eigenvalue weighted by atomic mass is 19.4. The topological polar surface area (TPSA) is 109 Å². The second-order valence-corrected chi connectivity index (χ2v) is 5.36. The Labute approximate surface area is 148 Å². The van der Waals surface area contributed by atoms with Crippen molar-refractivity contribution in [2.24, 2.45) is 10.7 Å². The Kier molecular flexibility index (Phi) is 7.08. The molecule has 1 aromatic carbocycles. The van der Waals surface area contributed by atoms with Gasteiger partial charge in [0.15, 0.2) is 0 Å². The van der Waals surface area contributed by atoms with E-state index in [1.54, 1.807) is 18.3 Å². The molecule has 4 N–H and O–H groups in total. The van der Waals surface area contributed by atoms with E-state index < -0.39 is 30.1 Å². The van der Waals surface area contributed by atoms with Crippen LogP contribution in [-0.2, 0) is 9.53 Å². The molecule has 1 atom stereocenters. The number of alkyl halides is 3. The Morgan fingerprint density at radius 1 is 1.31 bits per heavy atom. The summed E-state index contributed by atoms with van der Waals surface area (Å²) in [4.78, 5) is 14.9. The molecule has 26 heavy (non-hydrogen) atoms. The highest BCUT2D eigenvalue weighted by Gasteiger charge is 2.57. The maximum Gasteiger partial charge on any atom is 0.455 e. The first kappa shape index (κ1) is 21.4. The molecule has 0 saturated heterocycles. The number of carbonyl (C=O) groups excluding carboxylic acids is 1. The van der Waals surface area contributed by atoms with Gasteiger partial charge in [0.2, 0.25) is 0 Å². The van der Waals surface area contributed by atoms with E-state index in [2.05, 4.69) is 9.73 Å². The first-order chi connectivity index (χ1) is 12.0. The molecule has 0 aliphatic carbocycles. The highest BCUT2D eigenvalue weighted by Crippen LogP contribution is 2.35. The van der Waals surface area contributed by atoms with Crippen LogP contribution in [0.1, 0.15) is 31.4 Å². The molecule has 0 bridgehead atoms. The molecule has 0 saturated carbocycles. The number of carbonyl (C=O) groups is 1. The molecule has 1 unspecified atom stereocenters. The number of hydrogen-bond donors (Lipinski definition) is 3. The van der Waals surface area contributed by atoms with E-state index >= 15 is 0 Å². The van der Waals surface area contributed by atoms with Gasteiger partial charge in [-0.25, -0.2) is 0 Å². The third-order valence-electron chi connectivity index (χ3n) is 3.33. The van der Waals surface area contributed by atoms with Crippen LogP contribution in [0.25, 0.3) is 5.57 Å². The number of aliphatic hydroxyl groups is 1. The van der Waals surface area contributed by atoms with Crippen LogP contribution in [0, 0.1) is 5.41 Å². The summed E-state index contributed by atoms with van der Waals surface area (Å²) in [6.45, 7) is 3.15. The molecule has 0 heterocycles. The summed E-state index contributed by atoms with van der Waals surface area (Å²) in [6, 6.07) is 5.93. The van der Waals surface area contributed by atoms with Crippen LogP contribution in [0.5, 0.6) is 0 Å². The molecule has 0 amide bonds. The van der Waals surface area contributed by atoms with Crippen LogP contribution in [0.15, 0.2) is 35.5 Å². The number of nitrogens with one attached hydrogen (secondary N) is 1. The zero-order chi connectivity index (χ0) is 20.0. The molecule has 0 fully saturated rings. The van der Waals surface area contributed by atoms with E-state index in [1.165, 1.54) is 18.3 Å². The van der Waals surface area contributed by atoms with E-state index in [9.17, 15) is 23.1 Å². The van der Waals surface area contributed by atoms with E-state index in [-0.39, 0.29) is 5.56 Å². The fourth-order valence-corrected chi connectivity index (χ4v) is 2.04. The fraction of sp³-hybridized carbons (Fsp3) is 0.353. The SMILES string of the molecule is CCN=CC(=CN)c1ccc(C(=N)CC(O)(OC(C)=O)C(F)(F)F)cc1. The Morgan fingerprint density at radius 2 is 1.85 bits per heavy atom. The smallest absolute Gasteiger partial charge is 0.423 e. The van der Waals surface area contributed by atoms with Crippen molar-refractivity contribution in [1.82, 2.24) is 0 Å². The molecular formula is C17H20F3N3O3. The molecule has 6 nitrogen and oxygen atoms in total. The van der Waals surface area contributed by atoms with Crippen molar-refractivity contribution in [2.45, 2.75) is 32.2 Å². The van der Waals surface area contributed by atoms with Gasteiger partial charge in [0, 0.05) is 37.2 Å². The molecule has 9 heteroatoms. The lowest BCUT2D eigenvalue weighted by molar-refractivity contribution is -0.347. The monoisotopic (exact) mass is 371 g/mol. The number of aliphatic imine (C=N–C) groups is 1. The van der Waals surface area contributed by atoms with Gasteiger partial charge < -0.3 is 21.0 Å². The number of benzene rings is 1. The van der Waals surface area contributed by atoms with Gasteiger partial charge >= 0.3 is 17.9 Å². The van der Waals surface area contributed by atoms with Gasteiger partial charge in [-0.15, -0.1) is 0 Å². The third kappa shape index (κ3) is 5.41.